The van der Waals surface area contributed by atoms with Crippen molar-refractivity contribution >= 4 is 5.96 Å². The van der Waals surface area contributed by atoms with Gasteiger partial charge in [-0.1, -0.05) is 6.07 Å². The molecule has 8 heteroatoms. The molecule has 1 unspecified atom stereocenters. The molecule has 2 fully saturated rings. The van der Waals surface area contributed by atoms with E-state index in [1.54, 1.807) is 14.2 Å². The number of hydrogen-bond acceptors (Lipinski definition) is 6. The van der Waals surface area contributed by atoms with Crippen LogP contribution in [0.3, 0.4) is 0 Å². The number of benzene rings is 1. The lowest BCUT2D eigenvalue weighted by molar-refractivity contribution is 0.0169. The molecule has 2 saturated heterocycles. The molecule has 0 aromatic heterocycles. The fraction of sp³-hybridized carbons (Fsp3) is 0.696. The molecule has 31 heavy (non-hydrogen) atoms. The summed E-state index contributed by atoms with van der Waals surface area (Å²) in [6.45, 7) is 7.40. The van der Waals surface area contributed by atoms with Crippen molar-refractivity contribution in [3.63, 3.8) is 0 Å². The van der Waals surface area contributed by atoms with Gasteiger partial charge in [-0.15, -0.1) is 0 Å². The molecule has 0 saturated carbocycles. The van der Waals surface area contributed by atoms with E-state index < -0.39 is 0 Å². The van der Waals surface area contributed by atoms with Crippen LogP contribution in [0.25, 0.3) is 0 Å². The van der Waals surface area contributed by atoms with Crippen molar-refractivity contribution in [3.8, 4) is 11.5 Å². The first-order valence-corrected chi connectivity index (χ1v) is 11.3. The number of methoxy groups -OCH3 is 2. The van der Waals surface area contributed by atoms with Crippen molar-refractivity contribution in [3.05, 3.63) is 23.8 Å². The molecule has 2 aliphatic heterocycles. The third kappa shape index (κ3) is 6.72. The van der Waals surface area contributed by atoms with Crippen LogP contribution < -0.4 is 20.1 Å². The number of morpholine rings is 1. The Morgan fingerprint density at radius 2 is 1.81 bits per heavy atom. The van der Waals surface area contributed by atoms with E-state index in [1.807, 2.05) is 13.1 Å². The summed E-state index contributed by atoms with van der Waals surface area (Å²) in [6, 6.07) is 6.37. The lowest BCUT2D eigenvalue weighted by Crippen LogP contribution is -2.47. The molecule has 2 N–H and O–H groups in total. The van der Waals surface area contributed by atoms with Crippen LogP contribution in [0.1, 0.15) is 24.4 Å². The maximum absolute atomic E-state index is 5.58. The van der Waals surface area contributed by atoms with E-state index in [-0.39, 0.29) is 6.04 Å². The minimum absolute atomic E-state index is 0.186. The Kier molecular flexibility index (Phi) is 9.24. The van der Waals surface area contributed by atoms with Crippen LogP contribution in [0.4, 0.5) is 0 Å². The molecule has 8 nitrogen and oxygen atoms in total. The van der Waals surface area contributed by atoms with Crippen LogP contribution in [0.5, 0.6) is 11.5 Å². The van der Waals surface area contributed by atoms with E-state index in [4.69, 9.17) is 14.2 Å². The number of nitrogens with zero attached hydrogens (tertiary/aromatic N) is 3. The first-order chi connectivity index (χ1) is 15.1. The summed E-state index contributed by atoms with van der Waals surface area (Å²) < 4.78 is 16.5. The van der Waals surface area contributed by atoms with E-state index in [2.05, 4.69) is 44.6 Å². The average molecular weight is 434 g/mol. The summed E-state index contributed by atoms with van der Waals surface area (Å²) in [6.07, 6.45) is 2.48. The average Bonchev–Trinajstić information content (AvgIpc) is 2.82. The van der Waals surface area contributed by atoms with Gasteiger partial charge < -0.3 is 29.7 Å². The molecule has 1 aromatic rings. The minimum Gasteiger partial charge on any atom is -0.493 e. The molecule has 3 rings (SSSR count). The smallest absolute Gasteiger partial charge is 0.191 e. The maximum atomic E-state index is 5.58. The molecule has 0 spiro atoms. The fourth-order valence-corrected chi connectivity index (χ4v) is 4.33. The molecular formula is C23H39N5O3. The topological polar surface area (TPSA) is 70.6 Å². The molecule has 1 atom stereocenters. The Hall–Kier alpha value is -2.03. The van der Waals surface area contributed by atoms with Crippen LogP contribution in [-0.4, -0.2) is 96.6 Å². The molecule has 0 bridgehead atoms. The number of likely N-dealkylation sites (tertiary alicyclic amines) is 1. The lowest BCUT2D eigenvalue weighted by atomic mass is 9.97. The standard InChI is InChI=1S/C23H39N5O3/c1-24-23(25-16-18-7-9-27(2)10-8-18)26-17-20(28-11-13-31-14-12-28)19-5-6-21(29-3)22(15-19)30-4/h5-6,15,18,20H,7-14,16-17H2,1-4H3,(H2,24,25,26). The normalized spacial score (nSPS) is 20.3. The first-order valence-electron chi connectivity index (χ1n) is 11.3. The second-order valence-corrected chi connectivity index (χ2v) is 8.36. The number of hydrogen-bond donors (Lipinski definition) is 2. The summed E-state index contributed by atoms with van der Waals surface area (Å²) in [7, 11) is 7.38. The second kappa shape index (κ2) is 12.1. The Morgan fingerprint density at radius 1 is 1.10 bits per heavy atom. The number of rotatable bonds is 8. The maximum Gasteiger partial charge on any atom is 0.191 e. The molecule has 0 amide bonds. The largest absolute Gasteiger partial charge is 0.493 e. The molecule has 2 aliphatic rings. The van der Waals surface area contributed by atoms with Gasteiger partial charge in [-0.25, -0.2) is 0 Å². The van der Waals surface area contributed by atoms with Gasteiger partial charge in [-0.3, -0.25) is 9.89 Å². The van der Waals surface area contributed by atoms with Gasteiger partial charge in [-0.2, -0.15) is 0 Å². The molecular weight excluding hydrogens is 394 g/mol. The highest BCUT2D eigenvalue weighted by molar-refractivity contribution is 5.79. The predicted molar refractivity (Wildman–Crippen MR) is 124 cm³/mol. The van der Waals surface area contributed by atoms with Gasteiger partial charge >= 0.3 is 0 Å². The van der Waals surface area contributed by atoms with Crippen molar-refractivity contribution in [2.45, 2.75) is 18.9 Å². The van der Waals surface area contributed by atoms with Gasteiger partial charge in [-0.05, 0) is 56.6 Å². The van der Waals surface area contributed by atoms with Crippen LogP contribution in [0.15, 0.2) is 23.2 Å². The molecule has 2 heterocycles. The Bertz CT molecular complexity index is 700. The van der Waals surface area contributed by atoms with Gasteiger partial charge in [0.05, 0.1) is 33.5 Å². The molecule has 0 aliphatic carbocycles. The number of guanidine groups is 1. The van der Waals surface area contributed by atoms with Crippen LogP contribution in [0.2, 0.25) is 0 Å². The molecule has 0 radical (unpaired) electrons. The van der Waals surface area contributed by atoms with Crippen LogP contribution >= 0.6 is 0 Å². The third-order valence-electron chi connectivity index (χ3n) is 6.36. The number of ether oxygens (including phenoxy) is 3. The highest BCUT2D eigenvalue weighted by Gasteiger charge is 2.24. The number of aliphatic imine (C=N–C) groups is 1. The number of nitrogens with one attached hydrogen (secondary N) is 2. The summed E-state index contributed by atoms with van der Waals surface area (Å²) >= 11 is 0. The Morgan fingerprint density at radius 3 is 2.45 bits per heavy atom. The molecule has 174 valence electrons. The second-order valence-electron chi connectivity index (χ2n) is 8.36. The Labute approximate surface area is 186 Å². The minimum atomic E-state index is 0.186. The lowest BCUT2D eigenvalue weighted by Gasteiger charge is -2.35. The predicted octanol–water partition coefficient (Wildman–Crippen LogP) is 1.58. The highest BCUT2D eigenvalue weighted by atomic mass is 16.5. The van der Waals surface area contributed by atoms with Crippen LogP contribution in [-0.2, 0) is 4.74 Å². The summed E-state index contributed by atoms with van der Waals surface area (Å²) in [5.74, 6) is 3.06. The fourth-order valence-electron chi connectivity index (χ4n) is 4.33. The van der Waals surface area contributed by atoms with E-state index in [0.717, 1.165) is 56.9 Å². The third-order valence-corrected chi connectivity index (χ3v) is 6.36. The summed E-state index contributed by atoms with van der Waals surface area (Å²) in [5, 5.41) is 7.09. The van der Waals surface area contributed by atoms with E-state index in [0.29, 0.717) is 5.92 Å². The van der Waals surface area contributed by atoms with E-state index >= 15 is 0 Å². The van der Waals surface area contributed by atoms with E-state index in [9.17, 15) is 0 Å². The van der Waals surface area contributed by atoms with Crippen molar-refractivity contribution in [1.29, 1.82) is 0 Å². The summed E-state index contributed by atoms with van der Waals surface area (Å²) in [5.41, 5.74) is 1.19. The Balaban J connectivity index is 1.64. The van der Waals surface area contributed by atoms with Crippen molar-refractivity contribution in [2.24, 2.45) is 10.9 Å². The van der Waals surface area contributed by atoms with Gasteiger partial charge in [0.1, 0.15) is 0 Å². The number of piperidine rings is 1. The highest BCUT2D eigenvalue weighted by Crippen LogP contribution is 2.32. The SMILES string of the molecule is CN=C(NCC1CCN(C)CC1)NCC(c1ccc(OC)c(OC)c1)N1CCOCC1. The van der Waals surface area contributed by atoms with Gasteiger partial charge in [0.15, 0.2) is 17.5 Å². The van der Waals surface area contributed by atoms with Crippen molar-refractivity contribution < 1.29 is 14.2 Å². The van der Waals surface area contributed by atoms with Gasteiger partial charge in [0.2, 0.25) is 0 Å². The zero-order valence-corrected chi connectivity index (χ0v) is 19.5. The van der Waals surface area contributed by atoms with Crippen LogP contribution in [0, 0.1) is 5.92 Å². The first kappa shape index (κ1) is 23.6. The van der Waals surface area contributed by atoms with Gasteiger partial charge in [0.25, 0.3) is 0 Å². The quantitative estimate of drug-likeness (QED) is 0.477. The zero-order valence-electron chi connectivity index (χ0n) is 19.5. The van der Waals surface area contributed by atoms with Crippen molar-refractivity contribution in [1.82, 2.24) is 20.4 Å². The van der Waals surface area contributed by atoms with Gasteiger partial charge in [0, 0.05) is 33.2 Å². The summed E-state index contributed by atoms with van der Waals surface area (Å²) in [4.78, 5) is 9.32. The monoisotopic (exact) mass is 433 g/mol. The zero-order chi connectivity index (χ0) is 22.1. The molecule has 1 aromatic carbocycles. The van der Waals surface area contributed by atoms with Crippen molar-refractivity contribution in [2.75, 3.05) is 80.8 Å². The van der Waals surface area contributed by atoms with E-state index in [1.165, 1.54) is 31.5 Å².